The lowest BCUT2D eigenvalue weighted by molar-refractivity contribution is -0.141. The number of fused-ring (bicyclic) bond motifs is 1. The molecule has 2 aromatic heterocycles. The molecule has 0 aliphatic carbocycles. The van der Waals surface area contributed by atoms with Crippen LogP contribution in [0, 0.1) is 37.4 Å². The molecule has 45 heavy (non-hydrogen) atoms. The van der Waals surface area contributed by atoms with Crippen molar-refractivity contribution in [1.82, 2.24) is 35.1 Å². The number of nitrogens with one attached hydrogen (secondary N) is 1. The largest absolute Gasteiger partial charge is 0.435 e. The summed E-state index contributed by atoms with van der Waals surface area (Å²) < 4.78 is 59.5. The number of alkyl halides is 3. The first-order chi connectivity index (χ1) is 21.5. The molecule has 3 aliphatic rings. The van der Waals surface area contributed by atoms with Gasteiger partial charge in [0.15, 0.2) is 11.5 Å². The van der Waals surface area contributed by atoms with Crippen LogP contribution in [0.25, 0.3) is 5.82 Å². The molecule has 3 aliphatic heterocycles. The van der Waals surface area contributed by atoms with Gasteiger partial charge in [-0.1, -0.05) is 12.1 Å². The van der Waals surface area contributed by atoms with Gasteiger partial charge in [-0.3, -0.25) is 9.59 Å². The third kappa shape index (κ3) is 6.57. The van der Waals surface area contributed by atoms with Crippen LogP contribution in [0.1, 0.15) is 51.9 Å². The highest BCUT2D eigenvalue weighted by Crippen LogP contribution is 2.34. The van der Waals surface area contributed by atoms with Crippen molar-refractivity contribution in [2.24, 2.45) is 17.8 Å². The second kappa shape index (κ2) is 12.5. The van der Waals surface area contributed by atoms with Crippen LogP contribution < -0.4 is 5.32 Å². The fraction of sp³-hybridized carbons (Fsp3) is 0.516. The van der Waals surface area contributed by atoms with Gasteiger partial charge >= 0.3 is 6.18 Å². The second-order valence-corrected chi connectivity index (χ2v) is 12.2. The summed E-state index contributed by atoms with van der Waals surface area (Å²) in [5, 5.41) is 14.5. The van der Waals surface area contributed by atoms with E-state index in [1.54, 1.807) is 19.9 Å². The van der Waals surface area contributed by atoms with Crippen molar-refractivity contribution < 1.29 is 31.9 Å². The predicted molar refractivity (Wildman–Crippen MR) is 154 cm³/mol. The van der Waals surface area contributed by atoms with Crippen molar-refractivity contribution in [3.8, 4) is 5.82 Å². The van der Waals surface area contributed by atoms with Crippen molar-refractivity contribution in [3.05, 3.63) is 70.4 Å². The number of halogens is 4. The fourth-order valence-corrected chi connectivity index (χ4v) is 6.75. The number of aromatic nitrogens is 4. The van der Waals surface area contributed by atoms with E-state index >= 15 is 0 Å². The minimum atomic E-state index is -4.60. The first kappa shape index (κ1) is 31.1. The van der Waals surface area contributed by atoms with Crippen molar-refractivity contribution in [2.75, 3.05) is 45.9 Å². The summed E-state index contributed by atoms with van der Waals surface area (Å²) >= 11 is 0. The highest BCUT2D eigenvalue weighted by Gasteiger charge is 2.42. The third-order valence-corrected chi connectivity index (χ3v) is 9.11. The van der Waals surface area contributed by atoms with Crippen LogP contribution in [0.5, 0.6) is 0 Å². The average Bonchev–Trinajstić information content (AvgIpc) is 3.79. The summed E-state index contributed by atoms with van der Waals surface area (Å²) in [6.07, 6.45) is -3.31. The van der Waals surface area contributed by atoms with E-state index < -0.39 is 11.9 Å². The summed E-state index contributed by atoms with van der Waals surface area (Å²) in [5.41, 5.74) is 0.990. The van der Waals surface area contributed by atoms with Gasteiger partial charge in [0.2, 0.25) is 5.91 Å². The van der Waals surface area contributed by atoms with E-state index in [1.165, 1.54) is 22.9 Å². The van der Waals surface area contributed by atoms with Crippen LogP contribution >= 0.6 is 0 Å². The van der Waals surface area contributed by atoms with Gasteiger partial charge in [0, 0.05) is 39.3 Å². The number of rotatable bonds is 8. The van der Waals surface area contributed by atoms with Crippen LogP contribution in [-0.4, -0.2) is 87.5 Å². The van der Waals surface area contributed by atoms with E-state index in [4.69, 9.17) is 4.74 Å². The molecule has 1 N–H and O–H groups in total. The molecule has 2 amide bonds. The molecule has 0 spiro atoms. The number of hydrogen-bond donors (Lipinski definition) is 1. The van der Waals surface area contributed by atoms with Crippen LogP contribution in [0.3, 0.4) is 0 Å². The van der Waals surface area contributed by atoms with E-state index in [0.717, 1.165) is 24.7 Å². The summed E-state index contributed by atoms with van der Waals surface area (Å²) in [5.74, 6) is -0.125. The highest BCUT2D eigenvalue weighted by atomic mass is 19.4. The lowest BCUT2D eigenvalue weighted by Gasteiger charge is -2.25. The Morgan fingerprint density at radius 2 is 1.82 bits per heavy atom. The molecule has 5 heterocycles. The number of hydrogen-bond acceptors (Lipinski definition) is 7. The summed E-state index contributed by atoms with van der Waals surface area (Å²) in [6, 6.07) is 8.03. The molecule has 4 atom stereocenters. The predicted octanol–water partition coefficient (Wildman–Crippen LogP) is 3.72. The number of aryl methyl sites for hydroxylation is 1. The minimum absolute atomic E-state index is 0.0755. The number of nitrogens with zero attached hydrogens (tertiary/aromatic N) is 6. The second-order valence-electron chi connectivity index (χ2n) is 12.2. The zero-order valence-corrected chi connectivity index (χ0v) is 25.1. The van der Waals surface area contributed by atoms with Crippen LogP contribution in [0.4, 0.5) is 17.6 Å². The van der Waals surface area contributed by atoms with E-state index in [0.29, 0.717) is 62.6 Å². The van der Waals surface area contributed by atoms with Gasteiger partial charge in [-0.15, -0.1) is 10.2 Å². The van der Waals surface area contributed by atoms with E-state index in [9.17, 15) is 27.2 Å². The first-order valence-electron chi connectivity index (χ1n) is 15.1. The van der Waals surface area contributed by atoms with Crippen LogP contribution in [0.2, 0.25) is 0 Å². The number of likely N-dealkylation sites (tertiary alicyclic amines) is 2. The SMILES string of the molecule is Cc1nn(-c2ccc(C(F)(F)F)nn2)c(C)c1C(=O)N1CC2CN(CCC(NC(=O)C3CCOC3)c3cccc(F)c3)CC2C1. The van der Waals surface area contributed by atoms with E-state index in [1.807, 2.05) is 11.0 Å². The molecule has 1 aromatic carbocycles. The lowest BCUT2D eigenvalue weighted by atomic mass is 10.0. The first-order valence-corrected chi connectivity index (χ1v) is 15.1. The Morgan fingerprint density at radius 3 is 2.44 bits per heavy atom. The summed E-state index contributed by atoms with van der Waals surface area (Å²) in [6.45, 7) is 7.82. The van der Waals surface area contributed by atoms with Gasteiger partial charge in [0.05, 0.1) is 35.5 Å². The van der Waals surface area contributed by atoms with Gasteiger partial charge in [-0.05, 0) is 68.4 Å². The standard InChI is InChI=1S/C31H35F4N7O3/c1-18-28(19(2)42(39-18)27-7-6-26(37-38-27)31(33,34)35)30(44)41-15-22-13-40(14-23(22)16-41)10-8-25(20-4-3-5-24(32)12-20)36-29(43)21-9-11-45-17-21/h3-7,12,21-23,25H,8-11,13-17H2,1-2H3,(H,36,43). The molecule has 14 heteroatoms. The highest BCUT2D eigenvalue weighted by molar-refractivity contribution is 5.96. The Kier molecular flexibility index (Phi) is 8.61. The van der Waals surface area contributed by atoms with Crippen molar-refractivity contribution in [3.63, 3.8) is 0 Å². The molecule has 3 saturated heterocycles. The maximum Gasteiger partial charge on any atom is 0.435 e. The number of amides is 2. The molecule has 0 radical (unpaired) electrons. The molecular weight excluding hydrogens is 594 g/mol. The Labute approximate surface area is 257 Å². The Bertz CT molecular complexity index is 1540. The molecular formula is C31H35F4N7O3. The zero-order chi connectivity index (χ0) is 31.9. The lowest BCUT2D eigenvalue weighted by Crippen LogP contribution is -2.37. The van der Waals surface area contributed by atoms with Gasteiger partial charge in [0.1, 0.15) is 5.82 Å². The average molecular weight is 630 g/mol. The Balaban J connectivity index is 1.07. The molecule has 0 bridgehead atoms. The molecule has 4 unspecified atom stereocenters. The molecule has 10 nitrogen and oxygen atoms in total. The monoisotopic (exact) mass is 629 g/mol. The number of carbonyl (C=O) groups is 2. The fourth-order valence-electron chi connectivity index (χ4n) is 6.75. The smallest absolute Gasteiger partial charge is 0.381 e. The molecule has 0 saturated carbocycles. The Hall–Kier alpha value is -3.91. The Morgan fingerprint density at radius 1 is 1.07 bits per heavy atom. The van der Waals surface area contributed by atoms with Gasteiger partial charge in [0.25, 0.3) is 5.91 Å². The van der Waals surface area contributed by atoms with Crippen molar-refractivity contribution in [2.45, 2.75) is 38.9 Å². The van der Waals surface area contributed by atoms with Gasteiger partial charge < -0.3 is 19.9 Å². The van der Waals surface area contributed by atoms with Gasteiger partial charge in [-0.2, -0.15) is 18.3 Å². The quantitative estimate of drug-likeness (QED) is 0.379. The number of benzene rings is 1. The van der Waals surface area contributed by atoms with Crippen LogP contribution in [-0.2, 0) is 15.7 Å². The van der Waals surface area contributed by atoms with Gasteiger partial charge in [-0.25, -0.2) is 9.07 Å². The van der Waals surface area contributed by atoms with Crippen molar-refractivity contribution >= 4 is 11.8 Å². The topological polar surface area (TPSA) is 105 Å². The van der Waals surface area contributed by atoms with Crippen LogP contribution in [0.15, 0.2) is 36.4 Å². The molecule has 3 fully saturated rings. The maximum absolute atomic E-state index is 14.1. The van der Waals surface area contributed by atoms with Crippen molar-refractivity contribution in [1.29, 1.82) is 0 Å². The minimum Gasteiger partial charge on any atom is -0.381 e. The summed E-state index contributed by atoms with van der Waals surface area (Å²) in [4.78, 5) is 30.7. The molecule has 240 valence electrons. The molecule has 3 aromatic rings. The summed E-state index contributed by atoms with van der Waals surface area (Å²) in [7, 11) is 0. The maximum atomic E-state index is 14.1. The zero-order valence-electron chi connectivity index (χ0n) is 25.1. The van der Waals surface area contributed by atoms with E-state index in [2.05, 4.69) is 25.5 Å². The third-order valence-electron chi connectivity index (χ3n) is 9.11. The number of carbonyl (C=O) groups excluding carboxylic acids is 2. The number of ether oxygens (including phenoxy) is 1. The normalized spacial score (nSPS) is 22.5. The van der Waals surface area contributed by atoms with E-state index in [-0.39, 0.29) is 47.2 Å². The molecule has 6 rings (SSSR count).